The zero-order valence-corrected chi connectivity index (χ0v) is 13.0. The first-order valence-corrected chi connectivity index (χ1v) is 7.72. The van der Waals surface area contributed by atoms with E-state index in [-0.39, 0.29) is 5.38 Å². The van der Waals surface area contributed by atoms with Crippen molar-refractivity contribution in [3.05, 3.63) is 29.8 Å². The summed E-state index contributed by atoms with van der Waals surface area (Å²) in [7, 11) is 0. The first-order chi connectivity index (χ1) is 8.86. The molecule has 0 radical (unpaired) electrons. The molecule has 1 aromatic carbocycles. The third-order valence-corrected chi connectivity index (χ3v) is 5.10. The van der Waals surface area contributed by atoms with Gasteiger partial charge in [0.15, 0.2) is 0 Å². The summed E-state index contributed by atoms with van der Waals surface area (Å²) in [5.41, 5.74) is 1.57. The van der Waals surface area contributed by atoms with Crippen LogP contribution < -0.4 is 0 Å². The van der Waals surface area contributed by atoms with Crippen molar-refractivity contribution in [2.45, 2.75) is 51.8 Å². The number of rotatable bonds is 2. The average Bonchev–Trinajstić information content (AvgIpc) is 2.30. The molecule has 0 saturated heterocycles. The summed E-state index contributed by atoms with van der Waals surface area (Å²) in [5.74, 6) is 1.64. The summed E-state index contributed by atoms with van der Waals surface area (Å²) in [4.78, 5) is 0. The molecule has 0 amide bonds. The minimum absolute atomic E-state index is 0.279. The predicted octanol–water partition coefficient (Wildman–Crippen LogP) is 5.00. The van der Waals surface area contributed by atoms with Gasteiger partial charge >= 0.3 is 0 Å². The zero-order valence-electron chi connectivity index (χ0n) is 12.2. The summed E-state index contributed by atoms with van der Waals surface area (Å²) >= 11 is 6.53. The fraction of sp³-hybridized carbons (Fsp3) is 0.647. The highest BCUT2D eigenvalue weighted by Gasteiger charge is 2.34. The van der Waals surface area contributed by atoms with Crippen LogP contribution in [0.2, 0.25) is 0 Å². The lowest BCUT2D eigenvalue weighted by Crippen LogP contribution is -2.33. The lowest BCUT2D eigenvalue weighted by atomic mass is 9.68. The van der Waals surface area contributed by atoms with Gasteiger partial charge in [-0.05, 0) is 60.6 Å². The van der Waals surface area contributed by atoms with Gasteiger partial charge < -0.3 is 5.11 Å². The SMILES string of the molecule is CC(C)(C)C1CCC(Cl)C(Cc2cccc(O)c2)C1. The first-order valence-electron chi connectivity index (χ1n) is 7.28. The van der Waals surface area contributed by atoms with E-state index in [1.165, 1.54) is 18.4 Å². The second kappa shape index (κ2) is 5.75. The molecule has 3 atom stereocenters. The third kappa shape index (κ3) is 3.89. The van der Waals surface area contributed by atoms with E-state index in [1.54, 1.807) is 6.07 Å². The summed E-state index contributed by atoms with van der Waals surface area (Å²) in [5, 5.41) is 9.84. The Morgan fingerprint density at radius 1 is 1.26 bits per heavy atom. The molecule has 2 heteroatoms. The van der Waals surface area contributed by atoms with E-state index in [0.717, 1.165) is 18.8 Å². The molecule has 0 aliphatic heterocycles. The Kier molecular flexibility index (Phi) is 4.45. The van der Waals surface area contributed by atoms with Crippen LogP contribution in [-0.4, -0.2) is 10.5 Å². The smallest absolute Gasteiger partial charge is 0.115 e. The standard InChI is InChI=1S/C17H25ClO/c1-17(2,3)14-7-8-16(18)13(11-14)9-12-5-4-6-15(19)10-12/h4-6,10,13-14,16,19H,7-9,11H2,1-3H3. The quantitative estimate of drug-likeness (QED) is 0.756. The third-order valence-electron chi connectivity index (χ3n) is 4.52. The van der Waals surface area contributed by atoms with Gasteiger partial charge in [-0.3, -0.25) is 0 Å². The average molecular weight is 281 g/mol. The molecule has 106 valence electrons. The van der Waals surface area contributed by atoms with Crippen LogP contribution in [0, 0.1) is 17.3 Å². The Morgan fingerprint density at radius 3 is 2.63 bits per heavy atom. The van der Waals surface area contributed by atoms with Gasteiger partial charge in [0, 0.05) is 5.38 Å². The largest absolute Gasteiger partial charge is 0.508 e. The van der Waals surface area contributed by atoms with E-state index in [4.69, 9.17) is 11.6 Å². The molecule has 1 aromatic rings. The van der Waals surface area contributed by atoms with Gasteiger partial charge in [-0.2, -0.15) is 0 Å². The van der Waals surface area contributed by atoms with Crippen molar-refractivity contribution in [3.63, 3.8) is 0 Å². The second-order valence-corrected chi connectivity index (χ2v) is 7.59. The first kappa shape index (κ1) is 14.7. The van der Waals surface area contributed by atoms with Crippen LogP contribution in [0.15, 0.2) is 24.3 Å². The van der Waals surface area contributed by atoms with Crippen molar-refractivity contribution in [1.29, 1.82) is 0 Å². The Bertz CT molecular complexity index is 422. The Balaban J connectivity index is 2.05. The van der Waals surface area contributed by atoms with Gasteiger partial charge in [-0.1, -0.05) is 32.9 Å². The van der Waals surface area contributed by atoms with Gasteiger partial charge in [0.25, 0.3) is 0 Å². The fourth-order valence-corrected chi connectivity index (χ4v) is 3.53. The van der Waals surface area contributed by atoms with Crippen LogP contribution in [0.25, 0.3) is 0 Å². The fourth-order valence-electron chi connectivity index (χ4n) is 3.21. The molecule has 1 nitrogen and oxygen atoms in total. The van der Waals surface area contributed by atoms with Crippen LogP contribution in [0.4, 0.5) is 0 Å². The maximum Gasteiger partial charge on any atom is 0.115 e. The van der Waals surface area contributed by atoms with E-state index >= 15 is 0 Å². The molecular weight excluding hydrogens is 256 g/mol. The van der Waals surface area contributed by atoms with Crippen LogP contribution in [0.1, 0.15) is 45.6 Å². The van der Waals surface area contributed by atoms with Gasteiger partial charge in [0.05, 0.1) is 0 Å². The summed E-state index contributed by atoms with van der Waals surface area (Å²) in [6.45, 7) is 6.99. The molecule has 1 aliphatic rings. The van der Waals surface area contributed by atoms with Crippen molar-refractivity contribution < 1.29 is 5.11 Å². The molecule has 3 unspecified atom stereocenters. The number of phenolic OH excluding ortho intramolecular Hbond substituents is 1. The number of hydrogen-bond donors (Lipinski definition) is 1. The van der Waals surface area contributed by atoms with Crippen molar-refractivity contribution in [2.24, 2.45) is 17.3 Å². The Hall–Kier alpha value is -0.690. The summed E-state index contributed by atoms with van der Waals surface area (Å²) in [6.07, 6.45) is 4.55. The van der Waals surface area contributed by atoms with Crippen molar-refractivity contribution in [3.8, 4) is 5.75 Å². The van der Waals surface area contributed by atoms with Gasteiger partial charge in [0.2, 0.25) is 0 Å². The number of halogens is 1. The van der Waals surface area contributed by atoms with Gasteiger partial charge in [-0.15, -0.1) is 11.6 Å². The lowest BCUT2D eigenvalue weighted by molar-refractivity contribution is 0.144. The van der Waals surface area contributed by atoms with Crippen LogP contribution in [-0.2, 0) is 6.42 Å². The molecule has 2 rings (SSSR count). The molecule has 0 bridgehead atoms. The second-order valence-electron chi connectivity index (χ2n) is 7.03. The Labute approximate surface area is 122 Å². The predicted molar refractivity (Wildman–Crippen MR) is 81.7 cm³/mol. The van der Waals surface area contributed by atoms with E-state index < -0.39 is 0 Å². The molecule has 0 aromatic heterocycles. The van der Waals surface area contributed by atoms with E-state index in [2.05, 4.69) is 26.8 Å². The normalized spacial score (nSPS) is 28.3. The topological polar surface area (TPSA) is 20.2 Å². The van der Waals surface area contributed by atoms with Crippen LogP contribution in [0.5, 0.6) is 5.75 Å². The molecule has 1 aliphatic carbocycles. The van der Waals surface area contributed by atoms with Crippen molar-refractivity contribution in [2.75, 3.05) is 0 Å². The lowest BCUT2D eigenvalue weighted by Gasteiger charge is -2.40. The molecule has 0 spiro atoms. The maximum absolute atomic E-state index is 9.56. The van der Waals surface area contributed by atoms with E-state index in [0.29, 0.717) is 17.1 Å². The van der Waals surface area contributed by atoms with E-state index in [1.807, 2.05) is 12.1 Å². The van der Waals surface area contributed by atoms with E-state index in [9.17, 15) is 5.11 Å². The number of alkyl halides is 1. The van der Waals surface area contributed by atoms with Gasteiger partial charge in [-0.25, -0.2) is 0 Å². The number of aromatic hydroxyl groups is 1. The highest BCUT2D eigenvalue weighted by atomic mass is 35.5. The minimum atomic E-state index is 0.279. The summed E-state index contributed by atoms with van der Waals surface area (Å²) in [6, 6.07) is 7.59. The number of hydrogen-bond acceptors (Lipinski definition) is 1. The highest BCUT2D eigenvalue weighted by Crippen LogP contribution is 2.43. The molecule has 19 heavy (non-hydrogen) atoms. The zero-order chi connectivity index (χ0) is 14.0. The molecule has 1 N–H and O–H groups in total. The highest BCUT2D eigenvalue weighted by molar-refractivity contribution is 6.20. The van der Waals surface area contributed by atoms with Gasteiger partial charge in [0.1, 0.15) is 5.75 Å². The minimum Gasteiger partial charge on any atom is -0.508 e. The summed E-state index contributed by atoms with van der Waals surface area (Å²) < 4.78 is 0. The van der Waals surface area contributed by atoms with Crippen molar-refractivity contribution in [1.82, 2.24) is 0 Å². The molecule has 0 heterocycles. The molecule has 1 saturated carbocycles. The number of phenols is 1. The van der Waals surface area contributed by atoms with Crippen LogP contribution >= 0.6 is 11.6 Å². The maximum atomic E-state index is 9.56. The molecular formula is C17H25ClO. The number of benzene rings is 1. The monoisotopic (exact) mass is 280 g/mol. The Morgan fingerprint density at radius 2 is 2.00 bits per heavy atom. The van der Waals surface area contributed by atoms with Crippen LogP contribution in [0.3, 0.4) is 0 Å². The van der Waals surface area contributed by atoms with Crippen molar-refractivity contribution >= 4 is 11.6 Å². The molecule has 1 fully saturated rings.